The summed E-state index contributed by atoms with van der Waals surface area (Å²) in [6.07, 6.45) is 3.67. The van der Waals surface area contributed by atoms with Crippen LogP contribution in [0.4, 0.5) is 0 Å². The van der Waals surface area contributed by atoms with E-state index in [9.17, 15) is 19.5 Å². The third-order valence-corrected chi connectivity index (χ3v) is 3.52. The molecule has 0 radical (unpaired) electrons. The highest BCUT2D eigenvalue weighted by Gasteiger charge is 2.21. The molecule has 1 rings (SSSR count). The molecule has 0 saturated carbocycles. The first kappa shape index (κ1) is 18.8. The molecule has 1 atom stereocenters. The van der Waals surface area contributed by atoms with Crippen molar-refractivity contribution in [2.24, 2.45) is 0 Å². The zero-order valence-electron chi connectivity index (χ0n) is 13.0. The van der Waals surface area contributed by atoms with Gasteiger partial charge in [0.05, 0.1) is 0 Å². The number of rotatable bonds is 8. The van der Waals surface area contributed by atoms with Crippen LogP contribution < -0.4 is 10.6 Å². The second-order valence-electron chi connectivity index (χ2n) is 4.80. The van der Waals surface area contributed by atoms with E-state index in [1.807, 2.05) is 12.3 Å². The van der Waals surface area contributed by atoms with Gasteiger partial charge in [-0.15, -0.1) is 0 Å². The molecule has 0 fully saturated rings. The summed E-state index contributed by atoms with van der Waals surface area (Å²) in [6, 6.07) is 7.98. The number of nitrogens with one attached hydrogen (secondary N) is 2. The van der Waals surface area contributed by atoms with Crippen LogP contribution in [-0.2, 0) is 14.4 Å². The number of carboxylic acid groups (broad SMARTS) is 1. The van der Waals surface area contributed by atoms with Gasteiger partial charge in [-0.1, -0.05) is 30.3 Å². The Morgan fingerprint density at radius 3 is 2.43 bits per heavy atom. The first-order valence-corrected chi connectivity index (χ1v) is 8.40. The van der Waals surface area contributed by atoms with Gasteiger partial charge in [0.25, 0.3) is 5.91 Å². The van der Waals surface area contributed by atoms with Crippen molar-refractivity contribution in [1.29, 1.82) is 0 Å². The molecule has 0 aliphatic carbocycles. The molecule has 1 aromatic carbocycles. The van der Waals surface area contributed by atoms with Gasteiger partial charge in [0, 0.05) is 6.92 Å². The smallest absolute Gasteiger partial charge is 0.326 e. The Morgan fingerprint density at radius 1 is 1.26 bits per heavy atom. The van der Waals surface area contributed by atoms with Crippen molar-refractivity contribution in [1.82, 2.24) is 10.6 Å². The summed E-state index contributed by atoms with van der Waals surface area (Å²) in [6.45, 7) is 1.29. The monoisotopic (exact) mass is 336 g/mol. The lowest BCUT2D eigenvalue weighted by atomic mass is 10.1. The maximum absolute atomic E-state index is 12.3. The van der Waals surface area contributed by atoms with Crippen LogP contribution in [0.25, 0.3) is 6.08 Å². The molecule has 3 N–H and O–H groups in total. The number of carbonyl (C=O) groups excluding carboxylic acids is 2. The van der Waals surface area contributed by atoms with E-state index in [0.29, 0.717) is 12.2 Å². The fraction of sp³-hybridized carbons (Fsp3) is 0.312. The van der Waals surface area contributed by atoms with Crippen LogP contribution in [0.2, 0.25) is 0 Å². The van der Waals surface area contributed by atoms with E-state index in [0.717, 1.165) is 5.56 Å². The predicted octanol–water partition coefficient (Wildman–Crippen LogP) is 1.49. The first-order chi connectivity index (χ1) is 10.9. The van der Waals surface area contributed by atoms with E-state index >= 15 is 0 Å². The van der Waals surface area contributed by atoms with Crippen LogP contribution >= 0.6 is 11.8 Å². The molecule has 1 aromatic rings. The lowest BCUT2D eigenvalue weighted by Crippen LogP contribution is -2.44. The Balaban J connectivity index is 2.93. The van der Waals surface area contributed by atoms with Gasteiger partial charge in [-0.25, -0.2) is 4.79 Å². The van der Waals surface area contributed by atoms with Gasteiger partial charge in [0.1, 0.15) is 11.7 Å². The van der Waals surface area contributed by atoms with Crippen molar-refractivity contribution < 1.29 is 19.5 Å². The average Bonchev–Trinajstić information content (AvgIpc) is 2.50. The predicted molar refractivity (Wildman–Crippen MR) is 90.8 cm³/mol. The zero-order chi connectivity index (χ0) is 17.2. The van der Waals surface area contributed by atoms with Crippen molar-refractivity contribution in [3.8, 4) is 0 Å². The topological polar surface area (TPSA) is 95.5 Å². The third-order valence-electron chi connectivity index (χ3n) is 2.88. The number of carboxylic acids is 1. The van der Waals surface area contributed by atoms with E-state index in [1.165, 1.54) is 24.8 Å². The normalized spacial score (nSPS) is 12.3. The molecular formula is C16H20N2O4S. The molecule has 0 aromatic heterocycles. The van der Waals surface area contributed by atoms with E-state index in [2.05, 4.69) is 10.6 Å². The van der Waals surface area contributed by atoms with E-state index in [4.69, 9.17) is 0 Å². The Hall–Kier alpha value is -2.28. The van der Waals surface area contributed by atoms with Crippen molar-refractivity contribution >= 4 is 35.6 Å². The van der Waals surface area contributed by atoms with Crippen LogP contribution in [0, 0.1) is 0 Å². The molecule has 6 nitrogen and oxygen atoms in total. The molecule has 0 heterocycles. The SMILES string of the molecule is CSCC[C@H](NC(=O)/C(=C/c1ccccc1)NC(C)=O)C(=O)O. The van der Waals surface area contributed by atoms with Crippen LogP contribution in [0.15, 0.2) is 36.0 Å². The van der Waals surface area contributed by atoms with Gasteiger partial charge in [0.2, 0.25) is 5.91 Å². The minimum Gasteiger partial charge on any atom is -0.480 e. The summed E-state index contributed by atoms with van der Waals surface area (Å²) in [5.41, 5.74) is 0.737. The number of aliphatic carboxylic acids is 1. The lowest BCUT2D eigenvalue weighted by Gasteiger charge is -2.15. The molecular weight excluding hydrogens is 316 g/mol. The van der Waals surface area contributed by atoms with Crippen molar-refractivity contribution in [2.75, 3.05) is 12.0 Å². The van der Waals surface area contributed by atoms with E-state index in [1.54, 1.807) is 24.3 Å². The van der Waals surface area contributed by atoms with Crippen LogP contribution in [0.5, 0.6) is 0 Å². The second kappa shape index (κ2) is 9.68. The quantitative estimate of drug-likeness (QED) is 0.625. The van der Waals surface area contributed by atoms with Gasteiger partial charge in [-0.2, -0.15) is 11.8 Å². The fourth-order valence-electron chi connectivity index (χ4n) is 1.79. The molecule has 0 bridgehead atoms. The second-order valence-corrected chi connectivity index (χ2v) is 5.78. The van der Waals surface area contributed by atoms with Crippen LogP contribution in [0.1, 0.15) is 18.9 Å². The average molecular weight is 336 g/mol. The lowest BCUT2D eigenvalue weighted by molar-refractivity contribution is -0.141. The summed E-state index contributed by atoms with van der Waals surface area (Å²) in [4.78, 5) is 34.8. The van der Waals surface area contributed by atoms with Crippen LogP contribution in [-0.4, -0.2) is 40.9 Å². The van der Waals surface area contributed by atoms with Crippen molar-refractivity contribution in [2.45, 2.75) is 19.4 Å². The van der Waals surface area contributed by atoms with Gasteiger partial charge in [0.15, 0.2) is 0 Å². The zero-order valence-corrected chi connectivity index (χ0v) is 13.9. The number of benzene rings is 1. The van der Waals surface area contributed by atoms with Gasteiger partial charge in [-0.05, 0) is 30.1 Å². The maximum atomic E-state index is 12.3. The number of hydrogen-bond acceptors (Lipinski definition) is 4. The van der Waals surface area contributed by atoms with Gasteiger partial charge in [-0.3, -0.25) is 9.59 Å². The molecule has 0 unspecified atom stereocenters. The molecule has 0 saturated heterocycles. The number of hydrogen-bond donors (Lipinski definition) is 3. The summed E-state index contributed by atoms with van der Waals surface area (Å²) < 4.78 is 0. The molecule has 2 amide bonds. The summed E-state index contributed by atoms with van der Waals surface area (Å²) in [5.74, 6) is -1.53. The summed E-state index contributed by atoms with van der Waals surface area (Å²) in [5, 5.41) is 14.1. The molecule has 0 aliphatic heterocycles. The van der Waals surface area contributed by atoms with Crippen molar-refractivity contribution in [3.05, 3.63) is 41.6 Å². The summed E-state index contributed by atoms with van der Waals surface area (Å²) in [7, 11) is 0. The highest BCUT2D eigenvalue weighted by molar-refractivity contribution is 7.98. The third kappa shape index (κ3) is 7.01. The minimum absolute atomic E-state index is 0.0131. The molecule has 0 spiro atoms. The van der Waals surface area contributed by atoms with E-state index < -0.39 is 23.8 Å². The largest absolute Gasteiger partial charge is 0.480 e. The number of amides is 2. The highest BCUT2D eigenvalue weighted by Crippen LogP contribution is 2.07. The first-order valence-electron chi connectivity index (χ1n) is 7.01. The number of carbonyl (C=O) groups is 3. The Bertz CT molecular complexity index is 587. The molecule has 0 aliphatic rings. The molecule has 7 heteroatoms. The Labute approximate surface area is 139 Å². The minimum atomic E-state index is -1.10. The molecule has 124 valence electrons. The van der Waals surface area contributed by atoms with E-state index in [-0.39, 0.29) is 5.70 Å². The Kier molecular flexibility index (Phi) is 7.90. The Morgan fingerprint density at radius 2 is 1.91 bits per heavy atom. The van der Waals surface area contributed by atoms with Crippen molar-refractivity contribution in [3.63, 3.8) is 0 Å². The number of thioether (sulfide) groups is 1. The highest BCUT2D eigenvalue weighted by atomic mass is 32.2. The maximum Gasteiger partial charge on any atom is 0.326 e. The standard InChI is InChI=1S/C16H20N2O4S/c1-11(19)17-14(10-12-6-4-3-5-7-12)15(20)18-13(16(21)22)8-9-23-2/h3-7,10,13H,8-9H2,1-2H3,(H,17,19)(H,18,20)(H,21,22)/b14-10-/t13-/m0/s1. The van der Waals surface area contributed by atoms with Crippen LogP contribution in [0.3, 0.4) is 0 Å². The molecule has 23 heavy (non-hydrogen) atoms. The summed E-state index contributed by atoms with van der Waals surface area (Å²) >= 11 is 1.50. The fourth-order valence-corrected chi connectivity index (χ4v) is 2.26. The van der Waals surface area contributed by atoms with Gasteiger partial charge >= 0.3 is 5.97 Å². The van der Waals surface area contributed by atoms with Gasteiger partial charge < -0.3 is 15.7 Å².